The number of hydrogen-bond donors (Lipinski definition) is 1. The molecule has 0 bridgehead atoms. The van der Waals surface area contributed by atoms with Gasteiger partial charge in [-0.25, -0.2) is 0 Å². The largest absolute Gasteiger partial charge is 0.299 e. The van der Waals surface area contributed by atoms with Gasteiger partial charge in [0, 0.05) is 16.7 Å². The van der Waals surface area contributed by atoms with Gasteiger partial charge in [0.2, 0.25) is 0 Å². The Kier molecular flexibility index (Phi) is 2.60. The summed E-state index contributed by atoms with van der Waals surface area (Å²) in [5.74, 6) is 1.19. The summed E-state index contributed by atoms with van der Waals surface area (Å²) in [6.07, 6.45) is 2.04. The zero-order valence-electron chi connectivity index (χ0n) is 8.48. The van der Waals surface area contributed by atoms with Gasteiger partial charge >= 0.3 is 0 Å². The highest BCUT2D eigenvalue weighted by Gasteiger charge is 2.37. The summed E-state index contributed by atoms with van der Waals surface area (Å²) in [5, 5.41) is 4.13. The molecular formula is C10H19NS. The third-order valence-corrected chi connectivity index (χ3v) is 4.28. The van der Waals surface area contributed by atoms with E-state index in [1.165, 1.54) is 5.75 Å². The summed E-state index contributed by atoms with van der Waals surface area (Å²) in [5.41, 5.74) is 0.480. The predicted octanol–water partition coefficient (Wildman–Crippen LogP) is 2.64. The van der Waals surface area contributed by atoms with Crippen LogP contribution in [0, 0.1) is 5.41 Å². The lowest BCUT2D eigenvalue weighted by Crippen LogP contribution is -2.44. The molecule has 12 heavy (non-hydrogen) atoms. The van der Waals surface area contributed by atoms with Gasteiger partial charge in [0.15, 0.2) is 0 Å². The minimum absolute atomic E-state index is 0.193. The molecular weight excluding hydrogens is 166 g/mol. The minimum Gasteiger partial charge on any atom is -0.299 e. The molecule has 1 nitrogen and oxygen atoms in total. The van der Waals surface area contributed by atoms with Gasteiger partial charge in [-0.15, -0.1) is 18.3 Å². The molecule has 1 aliphatic rings. The van der Waals surface area contributed by atoms with Crippen LogP contribution >= 0.6 is 11.8 Å². The Balaban J connectivity index is 2.63. The molecule has 1 unspecified atom stereocenters. The second-order valence-corrected chi connectivity index (χ2v) is 5.84. The highest BCUT2D eigenvalue weighted by atomic mass is 32.2. The van der Waals surface area contributed by atoms with Gasteiger partial charge < -0.3 is 0 Å². The lowest BCUT2D eigenvalue weighted by atomic mass is 9.92. The SMILES string of the molecule is C=CC(C)(C)C1NC(C)(C)CS1. The van der Waals surface area contributed by atoms with Crippen LogP contribution in [0.4, 0.5) is 0 Å². The van der Waals surface area contributed by atoms with Crippen molar-refractivity contribution in [3.05, 3.63) is 12.7 Å². The molecule has 1 N–H and O–H groups in total. The fraction of sp³-hybridized carbons (Fsp3) is 0.800. The van der Waals surface area contributed by atoms with E-state index in [4.69, 9.17) is 0 Å². The molecule has 0 aromatic heterocycles. The van der Waals surface area contributed by atoms with E-state index in [2.05, 4.69) is 39.6 Å². The highest BCUT2D eigenvalue weighted by molar-refractivity contribution is 8.00. The smallest absolute Gasteiger partial charge is 0.0623 e. The molecule has 0 aromatic carbocycles. The molecule has 1 atom stereocenters. The van der Waals surface area contributed by atoms with Crippen molar-refractivity contribution in [2.75, 3.05) is 5.75 Å². The lowest BCUT2D eigenvalue weighted by Gasteiger charge is -2.29. The Morgan fingerprint density at radius 3 is 2.50 bits per heavy atom. The number of nitrogens with one attached hydrogen (secondary N) is 1. The monoisotopic (exact) mass is 185 g/mol. The van der Waals surface area contributed by atoms with E-state index in [0.717, 1.165) is 0 Å². The molecule has 1 saturated heterocycles. The van der Waals surface area contributed by atoms with Gasteiger partial charge in [0.25, 0.3) is 0 Å². The first-order chi connectivity index (χ1) is 5.37. The number of hydrogen-bond acceptors (Lipinski definition) is 2. The number of thioether (sulfide) groups is 1. The summed E-state index contributed by atoms with van der Waals surface area (Å²) in [4.78, 5) is 0. The van der Waals surface area contributed by atoms with E-state index in [-0.39, 0.29) is 11.0 Å². The molecule has 2 heteroatoms. The molecule has 1 aliphatic heterocycles. The molecule has 1 heterocycles. The Bertz CT molecular complexity index is 184. The van der Waals surface area contributed by atoms with E-state index in [9.17, 15) is 0 Å². The van der Waals surface area contributed by atoms with E-state index in [1.807, 2.05) is 17.8 Å². The topological polar surface area (TPSA) is 12.0 Å². The van der Waals surface area contributed by atoms with Crippen LogP contribution in [-0.4, -0.2) is 16.7 Å². The third-order valence-electron chi connectivity index (χ3n) is 2.33. The van der Waals surface area contributed by atoms with Crippen molar-refractivity contribution in [2.45, 2.75) is 38.6 Å². The van der Waals surface area contributed by atoms with Crippen molar-refractivity contribution in [2.24, 2.45) is 5.41 Å². The zero-order chi connectivity index (χ0) is 9.41. The summed E-state index contributed by atoms with van der Waals surface area (Å²) >= 11 is 2.00. The Hall–Kier alpha value is 0.0500. The van der Waals surface area contributed by atoms with Crippen molar-refractivity contribution in [1.29, 1.82) is 0 Å². The Labute approximate surface area is 80.0 Å². The van der Waals surface area contributed by atoms with E-state index >= 15 is 0 Å². The van der Waals surface area contributed by atoms with Crippen molar-refractivity contribution in [3.8, 4) is 0 Å². The number of rotatable bonds is 2. The Morgan fingerprint density at radius 1 is 1.58 bits per heavy atom. The maximum atomic E-state index is 3.87. The van der Waals surface area contributed by atoms with Gasteiger partial charge in [-0.3, -0.25) is 5.32 Å². The third kappa shape index (κ3) is 2.05. The fourth-order valence-corrected chi connectivity index (χ4v) is 2.83. The molecule has 70 valence electrons. The van der Waals surface area contributed by atoms with Crippen molar-refractivity contribution < 1.29 is 0 Å². The quantitative estimate of drug-likeness (QED) is 0.664. The molecule has 0 radical (unpaired) electrons. The van der Waals surface area contributed by atoms with Crippen LogP contribution < -0.4 is 5.32 Å². The van der Waals surface area contributed by atoms with Gasteiger partial charge in [0.05, 0.1) is 5.37 Å². The van der Waals surface area contributed by atoms with E-state index in [1.54, 1.807) is 0 Å². The van der Waals surface area contributed by atoms with Crippen molar-refractivity contribution in [1.82, 2.24) is 5.32 Å². The first-order valence-corrected chi connectivity index (χ1v) is 5.45. The maximum absolute atomic E-state index is 3.87. The second-order valence-electron chi connectivity index (χ2n) is 4.74. The molecule has 0 amide bonds. The minimum atomic E-state index is 0.193. The van der Waals surface area contributed by atoms with Crippen LogP contribution in [0.1, 0.15) is 27.7 Å². The molecule has 0 saturated carbocycles. The van der Waals surface area contributed by atoms with Gasteiger partial charge in [-0.1, -0.05) is 19.9 Å². The molecule has 1 rings (SSSR count). The first kappa shape index (κ1) is 10.1. The molecule has 0 aromatic rings. The molecule has 0 spiro atoms. The molecule has 1 fully saturated rings. The summed E-state index contributed by atoms with van der Waals surface area (Å²) < 4.78 is 0. The van der Waals surface area contributed by atoms with Crippen LogP contribution in [0.25, 0.3) is 0 Å². The highest BCUT2D eigenvalue weighted by Crippen LogP contribution is 2.37. The summed E-state index contributed by atoms with van der Waals surface area (Å²) in [6, 6.07) is 0. The normalized spacial score (nSPS) is 28.8. The van der Waals surface area contributed by atoms with E-state index in [0.29, 0.717) is 5.37 Å². The van der Waals surface area contributed by atoms with Crippen LogP contribution in [0.15, 0.2) is 12.7 Å². The summed E-state index contributed by atoms with van der Waals surface area (Å²) in [7, 11) is 0. The standard InChI is InChI=1S/C10H19NS/c1-6-9(2,3)8-11-10(4,5)7-12-8/h6,8,11H,1,7H2,2-5H3. The van der Waals surface area contributed by atoms with Gasteiger partial charge in [-0.05, 0) is 13.8 Å². The van der Waals surface area contributed by atoms with Crippen molar-refractivity contribution >= 4 is 11.8 Å². The predicted molar refractivity (Wildman–Crippen MR) is 57.4 cm³/mol. The Morgan fingerprint density at radius 2 is 2.17 bits per heavy atom. The second kappa shape index (κ2) is 3.08. The lowest BCUT2D eigenvalue weighted by molar-refractivity contribution is 0.344. The fourth-order valence-electron chi connectivity index (χ4n) is 1.24. The molecule has 0 aliphatic carbocycles. The van der Waals surface area contributed by atoms with E-state index < -0.39 is 0 Å². The summed E-state index contributed by atoms with van der Waals surface area (Å²) in [6.45, 7) is 12.8. The van der Waals surface area contributed by atoms with Gasteiger partial charge in [-0.2, -0.15) is 0 Å². The first-order valence-electron chi connectivity index (χ1n) is 4.40. The maximum Gasteiger partial charge on any atom is 0.0623 e. The van der Waals surface area contributed by atoms with Crippen molar-refractivity contribution in [3.63, 3.8) is 0 Å². The van der Waals surface area contributed by atoms with Crippen LogP contribution in [0.2, 0.25) is 0 Å². The average Bonchev–Trinajstić information content (AvgIpc) is 2.31. The van der Waals surface area contributed by atoms with Gasteiger partial charge in [0.1, 0.15) is 0 Å². The zero-order valence-corrected chi connectivity index (χ0v) is 9.29. The average molecular weight is 185 g/mol. The van der Waals surface area contributed by atoms with Crippen LogP contribution in [-0.2, 0) is 0 Å². The van der Waals surface area contributed by atoms with Crippen LogP contribution in [0.3, 0.4) is 0 Å². The van der Waals surface area contributed by atoms with Crippen LogP contribution in [0.5, 0.6) is 0 Å².